The zero-order chi connectivity index (χ0) is 22.9. The molecule has 0 saturated carbocycles. The predicted octanol–water partition coefficient (Wildman–Crippen LogP) is 3.99. The fraction of sp³-hybridized carbons (Fsp3) is 0.174. The molecule has 0 bridgehead atoms. The van der Waals surface area contributed by atoms with Gasteiger partial charge in [-0.2, -0.15) is 5.10 Å². The van der Waals surface area contributed by atoms with Gasteiger partial charge in [0.25, 0.3) is 5.91 Å². The molecule has 3 heterocycles. The molecule has 33 heavy (non-hydrogen) atoms. The number of halogens is 3. The maximum absolute atomic E-state index is 14.0. The van der Waals surface area contributed by atoms with Gasteiger partial charge in [0.05, 0.1) is 17.6 Å². The second-order valence-electron chi connectivity index (χ2n) is 7.62. The average molecular weight is 469 g/mol. The Balaban J connectivity index is 1.49. The third-order valence-corrected chi connectivity index (χ3v) is 5.72. The molecule has 7 nitrogen and oxygen atoms in total. The van der Waals surface area contributed by atoms with E-state index >= 15 is 0 Å². The van der Waals surface area contributed by atoms with E-state index in [1.165, 1.54) is 6.07 Å². The van der Waals surface area contributed by atoms with E-state index in [9.17, 15) is 13.6 Å². The van der Waals surface area contributed by atoms with E-state index in [4.69, 9.17) is 11.6 Å². The summed E-state index contributed by atoms with van der Waals surface area (Å²) in [5, 5.41) is 10.8. The van der Waals surface area contributed by atoms with Gasteiger partial charge in [-0.1, -0.05) is 23.7 Å². The van der Waals surface area contributed by atoms with Crippen molar-refractivity contribution in [3.8, 4) is 11.1 Å². The Kier molecular flexibility index (Phi) is 5.65. The lowest BCUT2D eigenvalue weighted by Crippen LogP contribution is -2.44. The number of carbonyl (C=O) groups is 1. The molecule has 1 amide bonds. The van der Waals surface area contributed by atoms with Crippen molar-refractivity contribution < 1.29 is 13.6 Å². The SMILES string of the molecule is O=C(Nc1cc(F)c(F)cc1N1CCNCC1)c1ccn2ncc(-c3cccc(Cl)c3)c2n1. The largest absolute Gasteiger partial charge is 0.367 e. The number of nitrogens with one attached hydrogen (secondary N) is 2. The van der Waals surface area contributed by atoms with Gasteiger partial charge >= 0.3 is 0 Å². The molecule has 10 heteroatoms. The number of carbonyl (C=O) groups excluding carboxylic acids is 1. The number of benzene rings is 2. The molecule has 0 spiro atoms. The normalized spacial score (nSPS) is 14.0. The Morgan fingerprint density at radius 1 is 1.09 bits per heavy atom. The van der Waals surface area contributed by atoms with E-state index < -0.39 is 17.5 Å². The highest BCUT2D eigenvalue weighted by molar-refractivity contribution is 6.30. The molecule has 1 saturated heterocycles. The fourth-order valence-electron chi connectivity index (χ4n) is 3.85. The Bertz CT molecular complexity index is 1350. The molecule has 4 aromatic rings. The van der Waals surface area contributed by atoms with Crippen LogP contribution in [0.4, 0.5) is 20.2 Å². The molecule has 1 aliphatic heterocycles. The smallest absolute Gasteiger partial charge is 0.274 e. The van der Waals surface area contributed by atoms with Crippen molar-refractivity contribution in [3.63, 3.8) is 0 Å². The van der Waals surface area contributed by atoms with Crippen LogP contribution < -0.4 is 15.5 Å². The number of rotatable bonds is 4. The van der Waals surface area contributed by atoms with E-state index in [0.717, 1.165) is 17.7 Å². The molecule has 1 aliphatic rings. The van der Waals surface area contributed by atoms with Crippen molar-refractivity contribution in [3.05, 3.63) is 77.2 Å². The summed E-state index contributed by atoms with van der Waals surface area (Å²) < 4.78 is 29.6. The van der Waals surface area contributed by atoms with E-state index in [-0.39, 0.29) is 11.4 Å². The minimum absolute atomic E-state index is 0.113. The lowest BCUT2D eigenvalue weighted by atomic mass is 10.1. The van der Waals surface area contributed by atoms with Gasteiger partial charge in [0.2, 0.25) is 0 Å². The lowest BCUT2D eigenvalue weighted by Gasteiger charge is -2.31. The van der Waals surface area contributed by atoms with Crippen molar-refractivity contribution in [2.75, 3.05) is 36.4 Å². The first-order chi connectivity index (χ1) is 16.0. The highest BCUT2D eigenvalue weighted by atomic mass is 35.5. The van der Waals surface area contributed by atoms with Crippen molar-refractivity contribution in [2.45, 2.75) is 0 Å². The van der Waals surface area contributed by atoms with Crippen LogP contribution in [0.2, 0.25) is 5.02 Å². The minimum atomic E-state index is -1.04. The summed E-state index contributed by atoms with van der Waals surface area (Å²) in [5.74, 6) is -2.55. The number of hydrogen-bond donors (Lipinski definition) is 2. The van der Waals surface area contributed by atoms with Gasteiger partial charge in [0.1, 0.15) is 5.69 Å². The maximum Gasteiger partial charge on any atom is 0.274 e. The van der Waals surface area contributed by atoms with Crippen LogP contribution in [0, 0.1) is 11.6 Å². The first-order valence-electron chi connectivity index (χ1n) is 10.4. The summed E-state index contributed by atoms with van der Waals surface area (Å²) in [6.07, 6.45) is 3.27. The third kappa shape index (κ3) is 4.24. The van der Waals surface area contributed by atoms with Crippen LogP contribution in [0.15, 0.2) is 54.9 Å². The maximum atomic E-state index is 14.0. The van der Waals surface area contributed by atoms with Crippen molar-refractivity contribution in [1.29, 1.82) is 0 Å². The molecule has 2 N–H and O–H groups in total. The van der Waals surface area contributed by atoms with Gasteiger partial charge in [0, 0.05) is 55.1 Å². The quantitative estimate of drug-likeness (QED) is 0.474. The molecule has 0 aliphatic carbocycles. The fourth-order valence-corrected chi connectivity index (χ4v) is 4.04. The molecule has 0 unspecified atom stereocenters. The van der Waals surface area contributed by atoms with Crippen LogP contribution in [0.1, 0.15) is 10.5 Å². The summed E-state index contributed by atoms with van der Waals surface area (Å²) in [6.45, 7) is 2.63. The first kappa shape index (κ1) is 21.3. The van der Waals surface area contributed by atoms with Crippen LogP contribution in [0.3, 0.4) is 0 Å². The van der Waals surface area contributed by atoms with Crippen LogP contribution >= 0.6 is 11.6 Å². The Morgan fingerprint density at radius 2 is 1.88 bits per heavy atom. The molecule has 2 aromatic carbocycles. The molecule has 5 rings (SSSR count). The Morgan fingerprint density at radius 3 is 2.67 bits per heavy atom. The molecular formula is C23H19ClF2N6O. The zero-order valence-corrected chi connectivity index (χ0v) is 18.1. The van der Waals surface area contributed by atoms with E-state index in [1.807, 2.05) is 17.0 Å². The van der Waals surface area contributed by atoms with Gasteiger partial charge < -0.3 is 15.5 Å². The number of anilines is 2. The molecule has 168 valence electrons. The van der Waals surface area contributed by atoms with E-state index in [2.05, 4.69) is 20.7 Å². The lowest BCUT2D eigenvalue weighted by molar-refractivity contribution is 0.102. The van der Waals surface area contributed by atoms with Crippen LogP contribution in [-0.2, 0) is 0 Å². The molecule has 0 atom stereocenters. The summed E-state index contributed by atoms with van der Waals surface area (Å²) in [7, 11) is 0. The Hall–Kier alpha value is -3.56. The van der Waals surface area contributed by atoms with Gasteiger partial charge in [-0.25, -0.2) is 18.3 Å². The third-order valence-electron chi connectivity index (χ3n) is 5.48. The molecule has 1 fully saturated rings. The second kappa shape index (κ2) is 8.76. The minimum Gasteiger partial charge on any atom is -0.367 e. The van der Waals surface area contributed by atoms with Gasteiger partial charge in [-0.3, -0.25) is 4.79 Å². The van der Waals surface area contributed by atoms with Gasteiger partial charge in [0.15, 0.2) is 17.3 Å². The zero-order valence-electron chi connectivity index (χ0n) is 17.4. The summed E-state index contributed by atoms with van der Waals surface area (Å²) in [4.78, 5) is 19.4. The number of amides is 1. The molecular weight excluding hydrogens is 450 g/mol. The number of fused-ring (bicyclic) bond motifs is 1. The number of aromatic nitrogens is 3. The topological polar surface area (TPSA) is 74.6 Å². The number of nitrogens with zero attached hydrogens (tertiary/aromatic N) is 4. The molecule has 0 radical (unpaired) electrons. The van der Waals surface area contributed by atoms with Crippen molar-refractivity contribution >= 4 is 34.5 Å². The first-order valence-corrected chi connectivity index (χ1v) is 10.7. The number of hydrogen-bond acceptors (Lipinski definition) is 5. The van der Waals surface area contributed by atoms with Crippen molar-refractivity contribution in [2.24, 2.45) is 0 Å². The second-order valence-corrected chi connectivity index (χ2v) is 8.06. The van der Waals surface area contributed by atoms with E-state index in [0.29, 0.717) is 48.1 Å². The highest BCUT2D eigenvalue weighted by Gasteiger charge is 2.20. The summed E-state index contributed by atoms with van der Waals surface area (Å²) in [5.41, 5.74) is 2.71. The summed E-state index contributed by atoms with van der Waals surface area (Å²) in [6, 6.07) is 10.9. The van der Waals surface area contributed by atoms with Crippen LogP contribution in [0.25, 0.3) is 16.8 Å². The molecule has 2 aromatic heterocycles. The Labute approximate surface area is 193 Å². The number of piperazine rings is 1. The van der Waals surface area contributed by atoms with Gasteiger partial charge in [-0.05, 0) is 23.8 Å². The standard InChI is InChI=1S/C23H19ClF2N6O/c24-15-3-1-2-14(10-15)16-13-28-32-7-4-19(29-22(16)32)23(33)30-20-11-17(25)18(26)12-21(20)31-8-5-27-6-9-31/h1-4,7,10-13,27H,5-6,8-9H2,(H,30,33). The highest BCUT2D eigenvalue weighted by Crippen LogP contribution is 2.30. The monoisotopic (exact) mass is 468 g/mol. The average Bonchev–Trinajstić information content (AvgIpc) is 3.25. The van der Waals surface area contributed by atoms with Crippen LogP contribution in [0.5, 0.6) is 0 Å². The van der Waals surface area contributed by atoms with E-state index in [1.54, 1.807) is 29.0 Å². The van der Waals surface area contributed by atoms with Crippen molar-refractivity contribution in [1.82, 2.24) is 19.9 Å². The van der Waals surface area contributed by atoms with Gasteiger partial charge in [-0.15, -0.1) is 0 Å². The predicted molar refractivity (Wildman–Crippen MR) is 123 cm³/mol. The van der Waals surface area contributed by atoms with Crippen LogP contribution in [-0.4, -0.2) is 46.7 Å². The summed E-state index contributed by atoms with van der Waals surface area (Å²) >= 11 is 6.11.